The number of amides is 1. The number of carbonyl (C=O) groups is 1. The quantitative estimate of drug-likeness (QED) is 0.672. The minimum Gasteiger partial charge on any atom is -0.489 e. The van der Waals surface area contributed by atoms with Gasteiger partial charge in [-0.05, 0) is 42.0 Å². The van der Waals surface area contributed by atoms with E-state index in [4.69, 9.17) is 9.47 Å². The van der Waals surface area contributed by atoms with Crippen molar-refractivity contribution in [2.75, 3.05) is 36.5 Å². The lowest BCUT2D eigenvalue weighted by molar-refractivity contribution is 0.102. The van der Waals surface area contributed by atoms with E-state index in [1.807, 2.05) is 0 Å². The highest BCUT2D eigenvalue weighted by molar-refractivity contribution is 6.07. The molecule has 0 bridgehead atoms. The van der Waals surface area contributed by atoms with Crippen LogP contribution in [0.3, 0.4) is 0 Å². The molecule has 0 saturated carbocycles. The third-order valence-electron chi connectivity index (χ3n) is 4.73. The predicted octanol–water partition coefficient (Wildman–Crippen LogP) is 3.89. The highest BCUT2D eigenvalue weighted by Crippen LogP contribution is 2.22. The van der Waals surface area contributed by atoms with Crippen molar-refractivity contribution >= 4 is 17.4 Å². The number of nitrogens with zero attached hydrogens (tertiary/aromatic N) is 2. The Morgan fingerprint density at radius 2 is 1.93 bits per heavy atom. The summed E-state index contributed by atoms with van der Waals surface area (Å²) in [5.74, 6) is 0.685. The lowest BCUT2D eigenvalue weighted by atomic mass is 10.2. The number of aromatic nitrogens is 1. The number of carbonyl (C=O) groups excluding carboxylic acids is 1. The highest BCUT2D eigenvalue weighted by atomic mass is 19.1. The summed E-state index contributed by atoms with van der Waals surface area (Å²) in [4.78, 5) is 19.4. The molecule has 1 fully saturated rings. The van der Waals surface area contributed by atoms with Crippen LogP contribution in [0.15, 0.2) is 66.9 Å². The fourth-order valence-electron chi connectivity index (χ4n) is 3.26. The number of benzene rings is 2. The van der Waals surface area contributed by atoms with Gasteiger partial charge >= 0.3 is 0 Å². The van der Waals surface area contributed by atoms with Gasteiger partial charge in [0, 0.05) is 31.0 Å². The minimum absolute atomic E-state index is 0.235. The molecule has 1 amide bonds. The third-order valence-corrected chi connectivity index (χ3v) is 4.73. The summed E-state index contributed by atoms with van der Waals surface area (Å²) in [5.41, 5.74) is 1.84. The van der Waals surface area contributed by atoms with E-state index in [9.17, 15) is 9.18 Å². The van der Waals surface area contributed by atoms with Crippen LogP contribution in [0.25, 0.3) is 0 Å². The van der Waals surface area contributed by atoms with Crippen LogP contribution in [0.2, 0.25) is 0 Å². The lowest BCUT2D eigenvalue weighted by Gasteiger charge is -2.29. The molecule has 1 N–H and O–H groups in total. The summed E-state index contributed by atoms with van der Waals surface area (Å²) in [6.45, 7) is 2.85. The van der Waals surface area contributed by atoms with Crippen LogP contribution in [-0.4, -0.2) is 37.2 Å². The Bertz CT molecular complexity index is 1020. The molecule has 4 rings (SSSR count). The van der Waals surface area contributed by atoms with Crippen LogP contribution in [0.5, 0.6) is 5.75 Å². The van der Waals surface area contributed by atoms with Crippen molar-refractivity contribution in [1.82, 2.24) is 4.98 Å². The summed E-state index contributed by atoms with van der Waals surface area (Å²) in [7, 11) is 0. The van der Waals surface area contributed by atoms with E-state index in [2.05, 4.69) is 15.2 Å². The van der Waals surface area contributed by atoms with Crippen LogP contribution in [0, 0.1) is 5.82 Å². The molecule has 0 radical (unpaired) electrons. The number of ether oxygens (including phenoxy) is 2. The van der Waals surface area contributed by atoms with E-state index in [0.717, 1.165) is 5.56 Å². The Balaban J connectivity index is 1.44. The third kappa shape index (κ3) is 4.93. The number of hydrogen-bond acceptors (Lipinski definition) is 5. The van der Waals surface area contributed by atoms with Crippen molar-refractivity contribution in [2.45, 2.75) is 6.61 Å². The molecule has 1 aliphatic heterocycles. The SMILES string of the molecule is O=C(Nc1cccc(OCc2cccc(F)c2)c1)c1cccnc1N1CCOCC1. The molecule has 2 aromatic carbocycles. The molecule has 154 valence electrons. The van der Waals surface area contributed by atoms with Crippen LogP contribution < -0.4 is 15.0 Å². The fourth-order valence-corrected chi connectivity index (χ4v) is 3.26. The van der Waals surface area contributed by atoms with Crippen molar-refractivity contribution in [3.05, 3.63) is 83.8 Å². The van der Waals surface area contributed by atoms with Crippen molar-refractivity contribution in [2.24, 2.45) is 0 Å². The summed E-state index contributed by atoms with van der Waals surface area (Å²) < 4.78 is 24.4. The second-order valence-electron chi connectivity index (χ2n) is 6.87. The zero-order valence-electron chi connectivity index (χ0n) is 16.4. The lowest BCUT2D eigenvalue weighted by Crippen LogP contribution is -2.38. The first kappa shape index (κ1) is 19.8. The monoisotopic (exact) mass is 407 g/mol. The van der Waals surface area contributed by atoms with Gasteiger partial charge in [-0.3, -0.25) is 4.79 Å². The maximum Gasteiger partial charge on any atom is 0.259 e. The smallest absolute Gasteiger partial charge is 0.259 e. The highest BCUT2D eigenvalue weighted by Gasteiger charge is 2.20. The number of morpholine rings is 1. The molecule has 3 aromatic rings. The van der Waals surface area contributed by atoms with Gasteiger partial charge in [0.25, 0.3) is 5.91 Å². The Morgan fingerprint density at radius 3 is 2.77 bits per heavy atom. The van der Waals surface area contributed by atoms with E-state index in [0.29, 0.717) is 49.1 Å². The molecule has 0 aliphatic carbocycles. The Hall–Kier alpha value is -3.45. The number of rotatable bonds is 6. The van der Waals surface area contributed by atoms with Crippen LogP contribution in [-0.2, 0) is 11.3 Å². The molecule has 1 saturated heterocycles. The summed E-state index contributed by atoms with van der Waals surface area (Å²) in [6, 6.07) is 16.9. The van der Waals surface area contributed by atoms with Gasteiger partial charge < -0.3 is 19.7 Å². The predicted molar refractivity (Wildman–Crippen MR) is 112 cm³/mol. The standard InChI is InChI=1S/C23H22FN3O3/c24-18-5-1-4-17(14-18)16-30-20-7-2-6-19(15-20)26-23(28)21-8-3-9-25-22(21)27-10-12-29-13-11-27/h1-9,14-15H,10-13,16H2,(H,26,28). The number of hydrogen-bond donors (Lipinski definition) is 1. The molecule has 0 spiro atoms. The average Bonchev–Trinajstić information content (AvgIpc) is 2.79. The van der Waals surface area contributed by atoms with Crippen molar-refractivity contribution in [3.8, 4) is 5.75 Å². The van der Waals surface area contributed by atoms with E-state index in [-0.39, 0.29) is 18.3 Å². The molecule has 0 unspecified atom stereocenters. The van der Waals surface area contributed by atoms with Gasteiger partial charge in [-0.1, -0.05) is 18.2 Å². The Kier molecular flexibility index (Phi) is 6.20. The van der Waals surface area contributed by atoms with Crippen molar-refractivity contribution in [1.29, 1.82) is 0 Å². The molecule has 1 aromatic heterocycles. The van der Waals surface area contributed by atoms with Crippen molar-refractivity contribution in [3.63, 3.8) is 0 Å². The number of nitrogens with one attached hydrogen (secondary N) is 1. The maximum absolute atomic E-state index is 13.3. The second-order valence-corrected chi connectivity index (χ2v) is 6.87. The number of pyridine rings is 1. The molecule has 30 heavy (non-hydrogen) atoms. The zero-order valence-corrected chi connectivity index (χ0v) is 16.4. The molecule has 6 nitrogen and oxygen atoms in total. The first-order valence-corrected chi connectivity index (χ1v) is 9.75. The van der Waals surface area contributed by atoms with Gasteiger partial charge in [0.15, 0.2) is 0 Å². The van der Waals surface area contributed by atoms with Crippen LogP contribution in [0.1, 0.15) is 15.9 Å². The molecular formula is C23H22FN3O3. The van der Waals surface area contributed by atoms with E-state index in [1.54, 1.807) is 54.7 Å². The van der Waals surface area contributed by atoms with Gasteiger partial charge in [0.2, 0.25) is 0 Å². The Labute approximate surface area is 174 Å². The van der Waals surface area contributed by atoms with Gasteiger partial charge in [-0.2, -0.15) is 0 Å². The topological polar surface area (TPSA) is 63.7 Å². The summed E-state index contributed by atoms with van der Waals surface area (Å²) in [5, 5.41) is 2.91. The van der Waals surface area contributed by atoms with Gasteiger partial charge in [0.05, 0.1) is 18.8 Å². The number of anilines is 2. The zero-order chi connectivity index (χ0) is 20.8. The Morgan fingerprint density at radius 1 is 1.10 bits per heavy atom. The average molecular weight is 407 g/mol. The largest absolute Gasteiger partial charge is 0.489 e. The van der Waals surface area contributed by atoms with E-state index >= 15 is 0 Å². The van der Waals surface area contributed by atoms with E-state index < -0.39 is 0 Å². The van der Waals surface area contributed by atoms with Crippen LogP contribution >= 0.6 is 0 Å². The first-order chi connectivity index (χ1) is 14.7. The van der Waals surface area contributed by atoms with Gasteiger partial charge in [0.1, 0.15) is 24.0 Å². The first-order valence-electron chi connectivity index (χ1n) is 9.75. The molecule has 0 atom stereocenters. The van der Waals surface area contributed by atoms with E-state index in [1.165, 1.54) is 12.1 Å². The van der Waals surface area contributed by atoms with Crippen molar-refractivity contribution < 1.29 is 18.7 Å². The van der Waals surface area contributed by atoms with Gasteiger partial charge in [-0.15, -0.1) is 0 Å². The molecule has 2 heterocycles. The normalized spacial score (nSPS) is 13.7. The van der Waals surface area contributed by atoms with Crippen LogP contribution in [0.4, 0.5) is 15.9 Å². The molecule has 7 heteroatoms. The summed E-state index contributed by atoms with van der Waals surface area (Å²) >= 11 is 0. The molecular weight excluding hydrogens is 385 g/mol. The summed E-state index contributed by atoms with van der Waals surface area (Å²) in [6.07, 6.45) is 1.68. The number of halogens is 1. The fraction of sp³-hybridized carbons (Fsp3) is 0.217. The second kappa shape index (κ2) is 9.37. The van der Waals surface area contributed by atoms with Gasteiger partial charge in [-0.25, -0.2) is 9.37 Å². The minimum atomic E-state index is -0.301. The molecule has 1 aliphatic rings. The maximum atomic E-state index is 13.3.